The van der Waals surface area contributed by atoms with Crippen LogP contribution in [0.5, 0.6) is 0 Å². The highest BCUT2D eigenvalue weighted by molar-refractivity contribution is 9.10. The van der Waals surface area contributed by atoms with Crippen molar-refractivity contribution in [1.29, 1.82) is 0 Å². The summed E-state index contributed by atoms with van der Waals surface area (Å²) in [5, 5.41) is 3.34. The van der Waals surface area contributed by atoms with E-state index in [1.54, 1.807) is 0 Å². The number of carbonyl (C=O) groups excluding carboxylic acids is 1. The fourth-order valence-electron chi connectivity index (χ4n) is 3.08. The maximum Gasteiger partial charge on any atom is 0.233 e. The van der Waals surface area contributed by atoms with Crippen LogP contribution in [0.15, 0.2) is 28.7 Å². The van der Waals surface area contributed by atoms with Gasteiger partial charge in [-0.1, -0.05) is 22.0 Å². The minimum Gasteiger partial charge on any atom is -0.317 e. The lowest BCUT2D eigenvalue weighted by Gasteiger charge is -2.32. The predicted molar refractivity (Wildman–Crippen MR) is 75.6 cm³/mol. The average molecular weight is 309 g/mol. The SMILES string of the molecule is O=C1N(c2cccc(Br)c2)CCC12CCNCC2. The average Bonchev–Trinajstić information content (AvgIpc) is 2.68. The Morgan fingerprint density at radius 1 is 1.22 bits per heavy atom. The Bertz CT molecular complexity index is 469. The van der Waals surface area contributed by atoms with Crippen LogP contribution in [0.4, 0.5) is 5.69 Å². The van der Waals surface area contributed by atoms with E-state index in [0.29, 0.717) is 5.91 Å². The van der Waals surface area contributed by atoms with Crippen LogP contribution in [0.2, 0.25) is 0 Å². The van der Waals surface area contributed by atoms with E-state index in [9.17, 15) is 4.79 Å². The van der Waals surface area contributed by atoms with Crippen molar-refractivity contribution in [3.05, 3.63) is 28.7 Å². The van der Waals surface area contributed by atoms with E-state index in [0.717, 1.165) is 49.1 Å². The summed E-state index contributed by atoms with van der Waals surface area (Å²) in [7, 11) is 0. The smallest absolute Gasteiger partial charge is 0.233 e. The monoisotopic (exact) mass is 308 g/mol. The van der Waals surface area contributed by atoms with Gasteiger partial charge in [0.05, 0.1) is 5.41 Å². The van der Waals surface area contributed by atoms with Crippen LogP contribution in [-0.4, -0.2) is 25.5 Å². The van der Waals surface area contributed by atoms with Crippen molar-refractivity contribution in [3.63, 3.8) is 0 Å². The zero-order valence-electron chi connectivity index (χ0n) is 10.3. The Labute approximate surface area is 116 Å². The summed E-state index contributed by atoms with van der Waals surface area (Å²) < 4.78 is 1.03. The molecule has 1 amide bonds. The van der Waals surface area contributed by atoms with Gasteiger partial charge < -0.3 is 10.2 Å². The number of rotatable bonds is 1. The molecule has 2 saturated heterocycles. The fraction of sp³-hybridized carbons (Fsp3) is 0.500. The molecule has 4 heteroatoms. The molecule has 1 aromatic carbocycles. The van der Waals surface area contributed by atoms with E-state index in [-0.39, 0.29) is 5.41 Å². The van der Waals surface area contributed by atoms with Gasteiger partial charge in [-0.3, -0.25) is 4.79 Å². The van der Waals surface area contributed by atoms with E-state index in [4.69, 9.17) is 0 Å². The molecule has 2 aliphatic heterocycles. The van der Waals surface area contributed by atoms with E-state index < -0.39 is 0 Å². The van der Waals surface area contributed by atoms with Crippen molar-refractivity contribution >= 4 is 27.5 Å². The Kier molecular flexibility index (Phi) is 3.16. The van der Waals surface area contributed by atoms with Crippen LogP contribution in [-0.2, 0) is 4.79 Å². The van der Waals surface area contributed by atoms with Crippen molar-refractivity contribution in [2.75, 3.05) is 24.5 Å². The second-order valence-corrected chi connectivity index (χ2v) is 6.13. The summed E-state index contributed by atoms with van der Waals surface area (Å²) in [6.45, 7) is 2.80. The number of halogens is 1. The topological polar surface area (TPSA) is 32.3 Å². The van der Waals surface area contributed by atoms with Gasteiger partial charge in [0.1, 0.15) is 0 Å². The minimum atomic E-state index is -0.0897. The summed E-state index contributed by atoms with van der Waals surface area (Å²) >= 11 is 3.47. The molecule has 0 aromatic heterocycles. The van der Waals surface area contributed by atoms with Gasteiger partial charge >= 0.3 is 0 Å². The molecule has 1 spiro atoms. The number of piperidine rings is 1. The minimum absolute atomic E-state index is 0.0897. The molecule has 0 atom stereocenters. The van der Waals surface area contributed by atoms with Crippen LogP contribution >= 0.6 is 15.9 Å². The first-order chi connectivity index (χ1) is 8.71. The summed E-state index contributed by atoms with van der Waals surface area (Å²) in [5.41, 5.74) is 0.929. The van der Waals surface area contributed by atoms with Gasteiger partial charge in [-0.05, 0) is 50.6 Å². The highest BCUT2D eigenvalue weighted by Gasteiger charge is 2.47. The quantitative estimate of drug-likeness (QED) is 0.865. The van der Waals surface area contributed by atoms with Crippen LogP contribution < -0.4 is 10.2 Å². The number of anilines is 1. The largest absolute Gasteiger partial charge is 0.317 e. The van der Waals surface area contributed by atoms with Crippen molar-refractivity contribution in [1.82, 2.24) is 5.32 Å². The highest BCUT2D eigenvalue weighted by Crippen LogP contribution is 2.41. The Morgan fingerprint density at radius 2 is 2.00 bits per heavy atom. The third-order valence-electron chi connectivity index (χ3n) is 4.19. The molecule has 0 aliphatic carbocycles. The molecule has 0 bridgehead atoms. The molecule has 2 fully saturated rings. The van der Waals surface area contributed by atoms with Crippen molar-refractivity contribution in [2.45, 2.75) is 19.3 Å². The summed E-state index contributed by atoms with van der Waals surface area (Å²) in [6.07, 6.45) is 2.96. The number of amides is 1. The number of hydrogen-bond acceptors (Lipinski definition) is 2. The lowest BCUT2D eigenvalue weighted by Crippen LogP contribution is -2.42. The molecule has 1 aromatic rings. The molecule has 2 aliphatic rings. The van der Waals surface area contributed by atoms with Crippen LogP contribution in [0.1, 0.15) is 19.3 Å². The van der Waals surface area contributed by atoms with Gasteiger partial charge in [0, 0.05) is 16.7 Å². The van der Waals surface area contributed by atoms with Gasteiger partial charge in [0.2, 0.25) is 5.91 Å². The van der Waals surface area contributed by atoms with E-state index >= 15 is 0 Å². The lowest BCUT2D eigenvalue weighted by atomic mass is 9.78. The number of carbonyl (C=O) groups is 1. The van der Waals surface area contributed by atoms with Gasteiger partial charge in [-0.15, -0.1) is 0 Å². The summed E-state index contributed by atoms with van der Waals surface area (Å²) in [6, 6.07) is 8.02. The molecule has 3 nitrogen and oxygen atoms in total. The van der Waals surface area contributed by atoms with Gasteiger partial charge in [0.25, 0.3) is 0 Å². The number of hydrogen-bond donors (Lipinski definition) is 1. The number of benzene rings is 1. The van der Waals surface area contributed by atoms with Crippen LogP contribution in [0.3, 0.4) is 0 Å². The van der Waals surface area contributed by atoms with Crippen molar-refractivity contribution < 1.29 is 4.79 Å². The fourth-order valence-corrected chi connectivity index (χ4v) is 3.47. The second-order valence-electron chi connectivity index (χ2n) is 5.22. The van der Waals surface area contributed by atoms with Crippen molar-refractivity contribution in [3.8, 4) is 0 Å². The first kappa shape index (κ1) is 12.2. The van der Waals surface area contributed by atoms with Crippen molar-refractivity contribution in [2.24, 2.45) is 5.41 Å². The third-order valence-corrected chi connectivity index (χ3v) is 4.69. The Morgan fingerprint density at radius 3 is 2.72 bits per heavy atom. The first-order valence-corrected chi connectivity index (χ1v) is 7.29. The van der Waals surface area contributed by atoms with E-state index in [2.05, 4.69) is 21.2 Å². The molecular weight excluding hydrogens is 292 g/mol. The Hall–Kier alpha value is -0.870. The highest BCUT2D eigenvalue weighted by atomic mass is 79.9. The molecule has 0 saturated carbocycles. The number of nitrogens with one attached hydrogen (secondary N) is 1. The zero-order chi connectivity index (χ0) is 12.6. The Balaban J connectivity index is 1.86. The normalized spacial score (nSPS) is 22.7. The maximum absolute atomic E-state index is 12.7. The molecule has 2 heterocycles. The van der Waals surface area contributed by atoms with E-state index in [1.807, 2.05) is 29.2 Å². The molecule has 96 valence electrons. The first-order valence-electron chi connectivity index (χ1n) is 6.50. The molecular formula is C14H17BrN2O. The third kappa shape index (κ3) is 1.97. The lowest BCUT2D eigenvalue weighted by molar-refractivity contribution is -0.126. The van der Waals surface area contributed by atoms with Crippen LogP contribution in [0, 0.1) is 5.41 Å². The van der Waals surface area contributed by atoms with Gasteiger partial charge in [0.15, 0.2) is 0 Å². The predicted octanol–water partition coefficient (Wildman–Crippen LogP) is 2.56. The van der Waals surface area contributed by atoms with E-state index in [1.165, 1.54) is 0 Å². The molecule has 0 unspecified atom stereocenters. The van der Waals surface area contributed by atoms with Crippen LogP contribution in [0.25, 0.3) is 0 Å². The van der Waals surface area contributed by atoms with Gasteiger partial charge in [-0.2, -0.15) is 0 Å². The zero-order valence-corrected chi connectivity index (χ0v) is 11.9. The summed E-state index contributed by atoms with van der Waals surface area (Å²) in [4.78, 5) is 14.6. The maximum atomic E-state index is 12.7. The molecule has 18 heavy (non-hydrogen) atoms. The summed E-state index contributed by atoms with van der Waals surface area (Å²) in [5.74, 6) is 0.321. The molecule has 0 radical (unpaired) electrons. The number of nitrogens with zero attached hydrogens (tertiary/aromatic N) is 1. The standard InChI is InChI=1S/C14H17BrN2O/c15-11-2-1-3-12(10-11)17-9-6-14(13(17)18)4-7-16-8-5-14/h1-3,10,16H,4-9H2. The second kappa shape index (κ2) is 4.67. The molecule has 3 rings (SSSR count). The van der Waals surface area contributed by atoms with Gasteiger partial charge in [-0.25, -0.2) is 0 Å². The molecule has 1 N–H and O–H groups in total.